The van der Waals surface area contributed by atoms with Crippen molar-refractivity contribution >= 4 is 43.3 Å². The lowest BCUT2D eigenvalue weighted by Crippen LogP contribution is -2.28. The molecule has 112 valence electrons. The van der Waals surface area contributed by atoms with Crippen LogP contribution >= 0.6 is 15.9 Å². The van der Waals surface area contributed by atoms with Gasteiger partial charge in [0.15, 0.2) is 0 Å². The quantitative estimate of drug-likeness (QED) is 0.848. The number of anilines is 3. The molecule has 0 aliphatic rings. The van der Waals surface area contributed by atoms with Crippen molar-refractivity contribution in [2.75, 3.05) is 24.1 Å². The highest BCUT2D eigenvalue weighted by Gasteiger charge is 2.12. The maximum absolute atomic E-state index is 11.7. The van der Waals surface area contributed by atoms with E-state index in [1.807, 2.05) is 24.3 Å². The molecule has 1 aromatic heterocycles. The van der Waals surface area contributed by atoms with Crippen molar-refractivity contribution in [2.24, 2.45) is 0 Å². The molecule has 0 atom stereocenters. The Balaban J connectivity index is 2.07. The van der Waals surface area contributed by atoms with Crippen LogP contribution in [0.4, 0.5) is 17.2 Å². The summed E-state index contributed by atoms with van der Waals surface area (Å²) in [5.74, 6) is 0.630. The van der Waals surface area contributed by atoms with Crippen molar-refractivity contribution in [1.29, 1.82) is 0 Å². The minimum atomic E-state index is -3.51. The van der Waals surface area contributed by atoms with E-state index in [2.05, 4.69) is 31.0 Å². The number of benzene rings is 1. The molecule has 0 aliphatic heterocycles. The zero-order valence-electron chi connectivity index (χ0n) is 11.5. The van der Waals surface area contributed by atoms with Crippen LogP contribution in [0, 0.1) is 0 Å². The van der Waals surface area contributed by atoms with E-state index in [1.165, 1.54) is 20.3 Å². The molecule has 2 rings (SSSR count). The predicted molar refractivity (Wildman–Crippen MR) is 87.9 cm³/mol. The minimum Gasteiger partial charge on any atom is -0.340 e. The number of hydrogen-bond donors (Lipinski definition) is 2. The van der Waals surface area contributed by atoms with Crippen molar-refractivity contribution in [3.05, 3.63) is 47.1 Å². The molecule has 0 radical (unpaired) electrons. The lowest BCUT2D eigenvalue weighted by molar-refractivity contribution is 0.527. The molecule has 0 spiro atoms. The van der Waals surface area contributed by atoms with Crippen molar-refractivity contribution in [1.82, 2.24) is 9.29 Å². The van der Waals surface area contributed by atoms with Gasteiger partial charge in [-0.1, -0.05) is 15.9 Å². The lowest BCUT2D eigenvalue weighted by Gasteiger charge is -2.13. The number of halogens is 1. The van der Waals surface area contributed by atoms with E-state index in [0.717, 1.165) is 14.5 Å². The average molecular weight is 371 g/mol. The van der Waals surface area contributed by atoms with Crippen LogP contribution in [0.15, 0.2) is 47.1 Å². The maximum atomic E-state index is 11.7. The second-order valence-electron chi connectivity index (χ2n) is 4.45. The summed E-state index contributed by atoms with van der Waals surface area (Å²) < 4.78 is 27.9. The third kappa shape index (κ3) is 4.42. The van der Waals surface area contributed by atoms with E-state index < -0.39 is 10.2 Å². The number of hydrogen-bond acceptors (Lipinski definition) is 4. The van der Waals surface area contributed by atoms with Gasteiger partial charge in [-0.15, -0.1) is 0 Å². The fourth-order valence-corrected chi connectivity index (χ4v) is 2.32. The van der Waals surface area contributed by atoms with Crippen molar-refractivity contribution in [3.63, 3.8) is 0 Å². The molecular formula is C13H15BrN4O2S. The van der Waals surface area contributed by atoms with Gasteiger partial charge in [-0.05, 0) is 36.4 Å². The molecule has 6 nitrogen and oxygen atoms in total. The van der Waals surface area contributed by atoms with Crippen molar-refractivity contribution in [2.45, 2.75) is 0 Å². The van der Waals surface area contributed by atoms with E-state index in [0.29, 0.717) is 11.5 Å². The third-order valence-electron chi connectivity index (χ3n) is 2.61. The smallest absolute Gasteiger partial charge is 0.301 e. The first-order valence-electron chi connectivity index (χ1n) is 6.06. The molecule has 0 saturated carbocycles. The minimum absolute atomic E-state index is 0.407. The van der Waals surface area contributed by atoms with E-state index in [-0.39, 0.29) is 0 Å². The Bertz CT molecular complexity index is 700. The van der Waals surface area contributed by atoms with Crippen LogP contribution in [-0.2, 0) is 10.2 Å². The van der Waals surface area contributed by atoms with Crippen LogP contribution in [0.25, 0.3) is 0 Å². The highest BCUT2D eigenvalue weighted by Crippen LogP contribution is 2.19. The van der Waals surface area contributed by atoms with E-state index in [9.17, 15) is 8.42 Å². The topological polar surface area (TPSA) is 74.3 Å². The summed E-state index contributed by atoms with van der Waals surface area (Å²) in [7, 11) is -0.595. The first kappa shape index (κ1) is 15.7. The Labute approximate surface area is 132 Å². The molecule has 2 aromatic rings. The molecule has 0 bridgehead atoms. The molecule has 0 aliphatic carbocycles. The fraction of sp³-hybridized carbons (Fsp3) is 0.154. The molecule has 1 aromatic carbocycles. The van der Waals surface area contributed by atoms with Crippen LogP contribution < -0.4 is 10.0 Å². The van der Waals surface area contributed by atoms with Crippen molar-refractivity contribution < 1.29 is 8.42 Å². The Hall–Kier alpha value is -1.64. The highest BCUT2D eigenvalue weighted by atomic mass is 79.9. The molecule has 1 heterocycles. The van der Waals surface area contributed by atoms with Gasteiger partial charge in [0.25, 0.3) is 0 Å². The van der Waals surface area contributed by atoms with Crippen LogP contribution in [0.5, 0.6) is 0 Å². The first-order valence-corrected chi connectivity index (χ1v) is 8.29. The summed E-state index contributed by atoms with van der Waals surface area (Å²) in [5, 5.41) is 3.12. The van der Waals surface area contributed by atoms with Gasteiger partial charge in [0, 0.05) is 24.3 Å². The monoisotopic (exact) mass is 370 g/mol. The van der Waals surface area contributed by atoms with Crippen LogP contribution in [0.3, 0.4) is 0 Å². The summed E-state index contributed by atoms with van der Waals surface area (Å²) in [6.45, 7) is 0. The summed E-state index contributed by atoms with van der Waals surface area (Å²) in [6.07, 6.45) is 1.46. The molecule has 2 N–H and O–H groups in total. The zero-order valence-corrected chi connectivity index (χ0v) is 13.9. The van der Waals surface area contributed by atoms with Gasteiger partial charge < -0.3 is 5.32 Å². The van der Waals surface area contributed by atoms with Gasteiger partial charge in [-0.2, -0.15) is 12.7 Å². The molecule has 8 heteroatoms. The average Bonchev–Trinajstić information content (AvgIpc) is 2.43. The van der Waals surface area contributed by atoms with Gasteiger partial charge in [-0.25, -0.2) is 4.98 Å². The second kappa shape index (κ2) is 6.42. The summed E-state index contributed by atoms with van der Waals surface area (Å²) in [4.78, 5) is 4.17. The Morgan fingerprint density at radius 3 is 2.19 bits per heavy atom. The van der Waals surface area contributed by atoms with Crippen LogP contribution in [0.2, 0.25) is 0 Å². The summed E-state index contributed by atoms with van der Waals surface area (Å²) in [5.41, 5.74) is 1.30. The standard InChI is InChI=1S/C13H15BrN4O2S/c1-18(2)21(19,20)17-12-7-8-13(15-9-12)16-11-5-3-10(14)4-6-11/h3-9,17H,1-2H3,(H,15,16). The molecule has 0 unspecified atom stereocenters. The Morgan fingerprint density at radius 2 is 1.67 bits per heavy atom. The maximum Gasteiger partial charge on any atom is 0.301 e. The number of rotatable bonds is 5. The van der Waals surface area contributed by atoms with E-state index >= 15 is 0 Å². The zero-order chi connectivity index (χ0) is 15.5. The van der Waals surface area contributed by atoms with Gasteiger partial charge in [0.2, 0.25) is 0 Å². The largest absolute Gasteiger partial charge is 0.340 e. The molecule has 0 amide bonds. The van der Waals surface area contributed by atoms with Gasteiger partial charge >= 0.3 is 10.2 Å². The van der Waals surface area contributed by atoms with Gasteiger partial charge in [0.1, 0.15) is 5.82 Å². The normalized spacial score (nSPS) is 11.4. The predicted octanol–water partition coefficient (Wildman–Crippen LogP) is 2.81. The van der Waals surface area contributed by atoms with Crippen LogP contribution in [-0.4, -0.2) is 31.8 Å². The van der Waals surface area contributed by atoms with Crippen molar-refractivity contribution in [3.8, 4) is 0 Å². The molecule has 0 saturated heterocycles. The highest BCUT2D eigenvalue weighted by molar-refractivity contribution is 9.10. The third-order valence-corrected chi connectivity index (χ3v) is 4.59. The SMILES string of the molecule is CN(C)S(=O)(=O)Nc1ccc(Nc2ccc(Br)cc2)nc1. The number of nitrogens with zero attached hydrogens (tertiary/aromatic N) is 2. The number of nitrogens with one attached hydrogen (secondary N) is 2. The Kier molecular flexibility index (Phi) is 4.81. The summed E-state index contributed by atoms with van der Waals surface area (Å²) in [6, 6.07) is 11.0. The van der Waals surface area contributed by atoms with E-state index in [1.54, 1.807) is 12.1 Å². The molecule has 21 heavy (non-hydrogen) atoms. The van der Waals surface area contributed by atoms with Crippen LogP contribution in [0.1, 0.15) is 0 Å². The number of aromatic nitrogens is 1. The molecular weight excluding hydrogens is 356 g/mol. The first-order chi connectivity index (χ1) is 9.87. The summed E-state index contributed by atoms with van der Waals surface area (Å²) >= 11 is 3.37. The van der Waals surface area contributed by atoms with Gasteiger partial charge in [0.05, 0.1) is 11.9 Å². The molecule has 0 fully saturated rings. The lowest BCUT2D eigenvalue weighted by atomic mass is 10.3. The van der Waals surface area contributed by atoms with E-state index in [4.69, 9.17) is 0 Å². The number of pyridine rings is 1. The Morgan fingerprint density at radius 1 is 1.05 bits per heavy atom. The second-order valence-corrected chi connectivity index (χ2v) is 7.25. The fourth-order valence-electron chi connectivity index (χ4n) is 1.45. The van der Waals surface area contributed by atoms with Gasteiger partial charge in [-0.3, -0.25) is 4.72 Å².